The van der Waals surface area contributed by atoms with E-state index in [1.54, 1.807) is 19.1 Å². The number of carbonyl (C=O) groups is 2. The van der Waals surface area contributed by atoms with Gasteiger partial charge < -0.3 is 4.74 Å². The molecule has 25 heavy (non-hydrogen) atoms. The number of halogens is 1. The van der Waals surface area contributed by atoms with E-state index in [1.165, 1.54) is 38.5 Å². The van der Waals surface area contributed by atoms with Crippen molar-refractivity contribution in [3.63, 3.8) is 0 Å². The van der Waals surface area contributed by atoms with Crippen molar-refractivity contribution >= 4 is 27.7 Å². The summed E-state index contributed by atoms with van der Waals surface area (Å²) in [5.74, 6) is 2.13. The van der Waals surface area contributed by atoms with E-state index in [0.29, 0.717) is 12.0 Å². The minimum absolute atomic E-state index is 0.133. The van der Waals surface area contributed by atoms with Gasteiger partial charge in [0.1, 0.15) is 0 Å². The highest BCUT2D eigenvalue weighted by Crippen LogP contribution is 2.61. The Morgan fingerprint density at radius 3 is 2.12 bits per heavy atom. The largest absolute Gasteiger partial charge is 0.454 e. The molecule has 3 nitrogen and oxygen atoms in total. The molecule has 0 N–H and O–H groups in total. The number of ketones is 1. The Hall–Kier alpha value is -1.16. The van der Waals surface area contributed by atoms with Crippen LogP contribution < -0.4 is 0 Å². The van der Waals surface area contributed by atoms with E-state index in [4.69, 9.17) is 4.74 Å². The summed E-state index contributed by atoms with van der Waals surface area (Å²) in [6.45, 7) is 1.68. The Kier molecular flexibility index (Phi) is 4.51. The summed E-state index contributed by atoms with van der Waals surface area (Å²) in [6.07, 6.45) is 7.43. The molecule has 4 aliphatic carbocycles. The number of rotatable bonds is 5. The average molecular weight is 405 g/mol. The maximum absolute atomic E-state index is 12.5. The molecule has 0 saturated heterocycles. The maximum Gasteiger partial charge on any atom is 0.307 e. The third-order valence-corrected chi connectivity index (χ3v) is 7.02. The highest BCUT2D eigenvalue weighted by molar-refractivity contribution is 9.10. The van der Waals surface area contributed by atoms with Gasteiger partial charge in [0.15, 0.2) is 6.10 Å². The number of Topliss-reactive ketones (excluding diaryl/α,β-unsaturated/α-hetero) is 1. The second kappa shape index (κ2) is 6.53. The molecule has 4 bridgehead atoms. The Morgan fingerprint density at radius 1 is 1.08 bits per heavy atom. The van der Waals surface area contributed by atoms with Gasteiger partial charge >= 0.3 is 5.97 Å². The van der Waals surface area contributed by atoms with Crippen molar-refractivity contribution in [2.75, 3.05) is 0 Å². The number of hydrogen-bond donors (Lipinski definition) is 0. The van der Waals surface area contributed by atoms with Crippen molar-refractivity contribution in [3.05, 3.63) is 34.3 Å². The topological polar surface area (TPSA) is 43.4 Å². The van der Waals surface area contributed by atoms with Crippen LogP contribution in [0.2, 0.25) is 0 Å². The van der Waals surface area contributed by atoms with Crippen LogP contribution in [-0.2, 0) is 9.53 Å². The molecule has 1 aromatic rings. The third kappa shape index (κ3) is 3.55. The lowest BCUT2D eigenvalue weighted by Crippen LogP contribution is -2.47. The highest BCUT2D eigenvalue weighted by atomic mass is 79.9. The molecular weight excluding hydrogens is 380 g/mol. The molecule has 5 rings (SSSR count). The molecule has 4 fully saturated rings. The zero-order chi connectivity index (χ0) is 17.6. The summed E-state index contributed by atoms with van der Waals surface area (Å²) < 4.78 is 6.46. The van der Waals surface area contributed by atoms with Crippen molar-refractivity contribution in [2.45, 2.75) is 58.0 Å². The van der Waals surface area contributed by atoms with Gasteiger partial charge in [-0.2, -0.15) is 0 Å². The van der Waals surface area contributed by atoms with Crippen molar-refractivity contribution in [3.8, 4) is 0 Å². The fourth-order valence-corrected chi connectivity index (χ4v) is 6.22. The van der Waals surface area contributed by atoms with Crippen molar-refractivity contribution in [1.29, 1.82) is 0 Å². The molecule has 4 heteroatoms. The molecule has 0 spiro atoms. The van der Waals surface area contributed by atoms with E-state index in [9.17, 15) is 9.59 Å². The molecule has 0 amide bonds. The molecule has 0 aliphatic heterocycles. The first-order chi connectivity index (χ1) is 11.9. The zero-order valence-corrected chi connectivity index (χ0v) is 16.3. The quantitative estimate of drug-likeness (QED) is 0.502. The summed E-state index contributed by atoms with van der Waals surface area (Å²) in [4.78, 5) is 25.0. The van der Waals surface area contributed by atoms with Crippen LogP contribution in [0.25, 0.3) is 0 Å². The molecule has 1 aromatic carbocycles. The molecule has 4 aliphatic rings. The van der Waals surface area contributed by atoms with Crippen LogP contribution in [0.5, 0.6) is 0 Å². The zero-order valence-electron chi connectivity index (χ0n) is 14.7. The van der Waals surface area contributed by atoms with Gasteiger partial charge in [-0.25, -0.2) is 0 Å². The lowest BCUT2D eigenvalue weighted by atomic mass is 9.49. The lowest BCUT2D eigenvalue weighted by Gasteiger charge is -2.56. The molecule has 0 radical (unpaired) electrons. The monoisotopic (exact) mass is 404 g/mol. The predicted octanol–water partition coefficient (Wildman–Crippen LogP) is 5.17. The Labute approximate surface area is 157 Å². The molecule has 1 atom stereocenters. The molecule has 4 saturated carbocycles. The van der Waals surface area contributed by atoms with Crippen molar-refractivity contribution in [2.24, 2.45) is 23.2 Å². The van der Waals surface area contributed by atoms with Gasteiger partial charge in [0, 0.05) is 10.0 Å². The standard InChI is InChI=1S/C21H25BrO3/c1-13(20(24)17-2-4-18(22)5-3-17)25-19(23)12-21-9-14-6-15(10-21)8-16(7-14)11-21/h2-5,13-16H,6-12H2,1H3/t13-,14?,15?,16?,21?/m0/s1. The summed E-state index contributed by atoms with van der Waals surface area (Å²) in [5.41, 5.74) is 0.741. The Morgan fingerprint density at radius 2 is 1.60 bits per heavy atom. The van der Waals surface area contributed by atoms with Crippen LogP contribution in [-0.4, -0.2) is 17.9 Å². The average Bonchev–Trinajstić information content (AvgIpc) is 2.52. The number of hydrogen-bond acceptors (Lipinski definition) is 3. The van der Waals surface area contributed by atoms with E-state index in [2.05, 4.69) is 15.9 Å². The van der Waals surface area contributed by atoms with Crippen molar-refractivity contribution < 1.29 is 14.3 Å². The van der Waals surface area contributed by atoms with Crippen LogP contribution in [0.1, 0.15) is 62.2 Å². The summed E-state index contributed by atoms with van der Waals surface area (Å²) in [6, 6.07) is 7.18. The van der Waals surface area contributed by atoms with Gasteiger partial charge in [-0.05, 0) is 80.8 Å². The van der Waals surface area contributed by atoms with Crippen molar-refractivity contribution in [1.82, 2.24) is 0 Å². The van der Waals surface area contributed by atoms with Crippen LogP contribution >= 0.6 is 15.9 Å². The van der Waals surface area contributed by atoms with E-state index in [-0.39, 0.29) is 17.2 Å². The van der Waals surface area contributed by atoms with Crippen LogP contribution in [0.15, 0.2) is 28.7 Å². The molecule has 0 heterocycles. The van der Waals surface area contributed by atoms with Gasteiger partial charge in [0.05, 0.1) is 6.42 Å². The normalized spacial score (nSPS) is 33.9. The van der Waals surface area contributed by atoms with Gasteiger partial charge in [-0.1, -0.05) is 28.1 Å². The Balaban J connectivity index is 1.37. The third-order valence-electron chi connectivity index (χ3n) is 6.49. The smallest absolute Gasteiger partial charge is 0.307 e. The van der Waals surface area contributed by atoms with Gasteiger partial charge in [0.2, 0.25) is 5.78 Å². The first-order valence-corrected chi connectivity index (χ1v) is 10.2. The van der Waals surface area contributed by atoms with Crippen LogP contribution in [0.3, 0.4) is 0 Å². The van der Waals surface area contributed by atoms with E-state index < -0.39 is 6.10 Å². The number of carbonyl (C=O) groups excluding carboxylic acids is 2. The van der Waals surface area contributed by atoms with Gasteiger partial charge in [0.25, 0.3) is 0 Å². The van der Waals surface area contributed by atoms with Crippen LogP contribution in [0, 0.1) is 23.2 Å². The van der Waals surface area contributed by atoms with E-state index in [1.807, 2.05) is 12.1 Å². The van der Waals surface area contributed by atoms with Crippen LogP contribution in [0.4, 0.5) is 0 Å². The van der Waals surface area contributed by atoms with E-state index >= 15 is 0 Å². The first kappa shape index (κ1) is 17.3. The summed E-state index contributed by atoms with van der Waals surface area (Å²) in [7, 11) is 0. The summed E-state index contributed by atoms with van der Waals surface area (Å²) in [5, 5.41) is 0. The number of ether oxygens (including phenoxy) is 1. The SMILES string of the molecule is C[C@H](OC(=O)CC12CC3CC(CC(C3)C1)C2)C(=O)c1ccc(Br)cc1. The molecular formula is C21H25BrO3. The summed E-state index contributed by atoms with van der Waals surface area (Å²) >= 11 is 3.36. The van der Waals surface area contributed by atoms with Gasteiger partial charge in [-0.15, -0.1) is 0 Å². The molecule has 0 aromatic heterocycles. The second-order valence-electron chi connectivity index (χ2n) is 8.60. The second-order valence-corrected chi connectivity index (χ2v) is 9.51. The lowest BCUT2D eigenvalue weighted by molar-refractivity contribution is -0.154. The molecule has 134 valence electrons. The van der Waals surface area contributed by atoms with Gasteiger partial charge in [-0.3, -0.25) is 9.59 Å². The highest BCUT2D eigenvalue weighted by Gasteiger charge is 2.51. The maximum atomic E-state index is 12.5. The fourth-order valence-electron chi connectivity index (χ4n) is 5.95. The molecule has 0 unspecified atom stereocenters. The Bertz CT molecular complexity index is 644. The first-order valence-electron chi connectivity index (χ1n) is 9.42. The number of benzene rings is 1. The minimum atomic E-state index is -0.720. The predicted molar refractivity (Wildman–Crippen MR) is 99.2 cm³/mol. The van der Waals surface area contributed by atoms with E-state index in [0.717, 1.165) is 22.2 Å². The minimum Gasteiger partial charge on any atom is -0.454 e. The number of esters is 1. The fraction of sp³-hybridized carbons (Fsp3) is 0.619.